The van der Waals surface area contributed by atoms with Gasteiger partial charge in [0.25, 0.3) is 15.9 Å². The number of nitrogens with two attached hydrogens (primary N) is 1. The molecule has 4 aromatic carbocycles. The lowest BCUT2D eigenvalue weighted by Crippen LogP contribution is -2.45. The van der Waals surface area contributed by atoms with Crippen molar-refractivity contribution in [1.29, 1.82) is 0 Å². The Kier molecular flexibility index (Phi) is 9.77. The summed E-state index contributed by atoms with van der Waals surface area (Å²) in [6.07, 6.45) is 0.321. The minimum absolute atomic E-state index is 0.0129. The number of hydrogen-bond acceptors (Lipinski definition) is 6. The van der Waals surface area contributed by atoms with E-state index in [1.165, 1.54) is 29.2 Å². The van der Waals surface area contributed by atoms with Crippen LogP contribution in [0.25, 0.3) is 10.8 Å². The molecule has 0 heterocycles. The first-order valence-corrected chi connectivity index (χ1v) is 15.3. The van der Waals surface area contributed by atoms with Gasteiger partial charge in [0.05, 0.1) is 10.5 Å². The normalized spacial score (nSPS) is 12.0. The topological polar surface area (TPSA) is 139 Å². The van der Waals surface area contributed by atoms with Crippen LogP contribution in [0.4, 0.5) is 15.8 Å². The van der Waals surface area contributed by atoms with Gasteiger partial charge < -0.3 is 16.0 Å². The van der Waals surface area contributed by atoms with Gasteiger partial charge in [-0.25, -0.2) is 17.5 Å². The van der Waals surface area contributed by atoms with Crippen molar-refractivity contribution >= 4 is 49.9 Å². The molecule has 0 aliphatic rings. The number of carbonyl (C=O) groups is 3. The van der Waals surface area contributed by atoms with Crippen LogP contribution in [0.1, 0.15) is 36.2 Å². The van der Waals surface area contributed by atoms with Crippen LogP contribution in [0.2, 0.25) is 0 Å². The molecule has 0 radical (unpaired) electrons. The third-order valence-electron chi connectivity index (χ3n) is 7.16. The van der Waals surface area contributed by atoms with Gasteiger partial charge in [-0.1, -0.05) is 48.5 Å². The average Bonchev–Trinajstić information content (AvgIpc) is 2.98. The number of sulfonamides is 1. The van der Waals surface area contributed by atoms with E-state index < -0.39 is 39.5 Å². The van der Waals surface area contributed by atoms with E-state index in [4.69, 9.17) is 5.73 Å². The van der Waals surface area contributed by atoms with Gasteiger partial charge in [0, 0.05) is 24.5 Å². The Balaban J connectivity index is 1.48. The highest BCUT2D eigenvalue weighted by molar-refractivity contribution is 7.90. The fourth-order valence-corrected chi connectivity index (χ4v) is 5.81. The molecule has 1 unspecified atom stereocenters. The molecule has 4 N–H and O–H groups in total. The maximum Gasteiger partial charge on any atom is 0.264 e. The second kappa shape index (κ2) is 13.5. The summed E-state index contributed by atoms with van der Waals surface area (Å²) in [6, 6.07) is 22.4. The molecule has 0 aliphatic carbocycles. The SMILES string of the molecule is CCN(CC)C(=O)C(CCc1ccc(NC(=O)c2c(N)cccc2F)cc1)C(=O)NS(=O)(=O)c1ccc2ccccc2c1. The molecule has 0 spiro atoms. The number of nitrogens with zero attached hydrogens (tertiary/aromatic N) is 1. The highest BCUT2D eigenvalue weighted by Gasteiger charge is 2.32. The Morgan fingerprint density at radius 1 is 0.884 bits per heavy atom. The van der Waals surface area contributed by atoms with E-state index in [1.54, 1.807) is 56.3 Å². The van der Waals surface area contributed by atoms with Crippen molar-refractivity contribution in [2.24, 2.45) is 5.92 Å². The number of rotatable bonds is 11. The van der Waals surface area contributed by atoms with Crippen molar-refractivity contribution in [2.75, 3.05) is 24.1 Å². The summed E-state index contributed by atoms with van der Waals surface area (Å²) in [5, 5.41) is 4.15. The minimum atomic E-state index is -4.24. The van der Waals surface area contributed by atoms with E-state index in [-0.39, 0.29) is 29.0 Å². The summed E-state index contributed by atoms with van der Waals surface area (Å²) in [6.45, 7) is 4.28. The third-order valence-corrected chi connectivity index (χ3v) is 8.51. The predicted molar refractivity (Wildman–Crippen MR) is 164 cm³/mol. The molecule has 0 saturated heterocycles. The number of carbonyl (C=O) groups excluding carboxylic acids is 3. The fraction of sp³-hybridized carbons (Fsp3) is 0.219. The van der Waals surface area contributed by atoms with Gasteiger partial charge in [-0.05, 0) is 79.4 Å². The van der Waals surface area contributed by atoms with Crippen LogP contribution >= 0.6 is 0 Å². The number of benzene rings is 4. The highest BCUT2D eigenvalue weighted by Crippen LogP contribution is 2.22. The molecule has 43 heavy (non-hydrogen) atoms. The van der Waals surface area contributed by atoms with Crippen molar-refractivity contribution in [2.45, 2.75) is 31.6 Å². The van der Waals surface area contributed by atoms with Crippen LogP contribution in [0.5, 0.6) is 0 Å². The minimum Gasteiger partial charge on any atom is -0.398 e. The van der Waals surface area contributed by atoms with Crippen LogP contribution in [-0.2, 0) is 26.0 Å². The van der Waals surface area contributed by atoms with Crippen molar-refractivity contribution in [3.63, 3.8) is 0 Å². The van der Waals surface area contributed by atoms with Crippen molar-refractivity contribution < 1.29 is 27.2 Å². The van der Waals surface area contributed by atoms with E-state index in [1.807, 2.05) is 12.1 Å². The monoisotopic (exact) mass is 604 g/mol. The smallest absolute Gasteiger partial charge is 0.264 e. The van der Waals surface area contributed by atoms with E-state index in [9.17, 15) is 27.2 Å². The van der Waals surface area contributed by atoms with Crippen molar-refractivity contribution in [3.05, 3.63) is 102 Å². The second-order valence-corrected chi connectivity index (χ2v) is 11.6. The molecular formula is C32H33FN4O5S. The number of anilines is 2. The van der Waals surface area contributed by atoms with Gasteiger partial charge >= 0.3 is 0 Å². The lowest BCUT2D eigenvalue weighted by molar-refractivity contribution is -0.141. The summed E-state index contributed by atoms with van der Waals surface area (Å²) in [7, 11) is -4.24. The molecule has 4 aromatic rings. The van der Waals surface area contributed by atoms with Gasteiger partial charge in [0.15, 0.2) is 0 Å². The van der Waals surface area contributed by atoms with Crippen molar-refractivity contribution in [3.8, 4) is 0 Å². The van der Waals surface area contributed by atoms with Gasteiger partial charge in [-0.3, -0.25) is 14.4 Å². The van der Waals surface area contributed by atoms with E-state index >= 15 is 0 Å². The lowest BCUT2D eigenvalue weighted by atomic mass is 9.97. The Hall–Kier alpha value is -4.77. The first-order chi connectivity index (χ1) is 20.5. The predicted octanol–water partition coefficient (Wildman–Crippen LogP) is 4.74. The molecule has 224 valence electrons. The standard InChI is InChI=1S/C32H33FN4O5S/c1-3-37(4-2)32(40)26(30(38)36-43(41,42)25-18-15-22-8-5-6-9-23(22)20-25)19-14-21-12-16-24(17-13-21)35-31(39)29-27(33)10-7-11-28(29)34/h5-13,15-18,20,26H,3-4,14,19,34H2,1-2H3,(H,35,39)(H,36,38). The molecule has 9 nitrogen and oxygen atoms in total. The van der Waals surface area contributed by atoms with Gasteiger partial charge in [0.2, 0.25) is 11.8 Å². The zero-order valence-electron chi connectivity index (χ0n) is 23.8. The zero-order valence-corrected chi connectivity index (χ0v) is 24.7. The number of aryl methyl sites for hydroxylation is 1. The molecule has 0 fully saturated rings. The van der Waals surface area contributed by atoms with E-state index in [2.05, 4.69) is 10.0 Å². The average molecular weight is 605 g/mol. The quantitative estimate of drug-likeness (QED) is 0.167. The summed E-state index contributed by atoms with van der Waals surface area (Å²) < 4.78 is 42.5. The highest BCUT2D eigenvalue weighted by atomic mass is 32.2. The summed E-state index contributed by atoms with van der Waals surface area (Å²) in [4.78, 5) is 40.6. The largest absolute Gasteiger partial charge is 0.398 e. The Morgan fingerprint density at radius 3 is 2.21 bits per heavy atom. The lowest BCUT2D eigenvalue weighted by Gasteiger charge is -2.24. The molecule has 3 amide bonds. The maximum absolute atomic E-state index is 14.1. The molecule has 4 rings (SSSR count). The number of halogens is 1. The third kappa shape index (κ3) is 7.36. The fourth-order valence-electron chi connectivity index (χ4n) is 4.76. The zero-order chi connectivity index (χ0) is 31.1. The second-order valence-electron chi connectivity index (χ2n) is 9.94. The van der Waals surface area contributed by atoms with Crippen LogP contribution < -0.4 is 15.8 Å². The molecular weight excluding hydrogens is 571 g/mol. The van der Waals surface area contributed by atoms with E-state index in [0.29, 0.717) is 24.2 Å². The van der Waals surface area contributed by atoms with Crippen LogP contribution in [0, 0.1) is 11.7 Å². The van der Waals surface area contributed by atoms with Gasteiger partial charge in [-0.15, -0.1) is 0 Å². The molecule has 0 aromatic heterocycles. The van der Waals surface area contributed by atoms with Crippen LogP contribution in [0.15, 0.2) is 89.8 Å². The number of nitrogen functional groups attached to an aromatic ring is 1. The number of fused-ring (bicyclic) bond motifs is 1. The summed E-state index contributed by atoms with van der Waals surface area (Å²) in [5.41, 5.74) is 6.64. The Bertz CT molecular complexity index is 1740. The Labute approximate surface area is 249 Å². The van der Waals surface area contributed by atoms with Gasteiger partial charge in [0.1, 0.15) is 11.7 Å². The number of amides is 3. The number of hydrogen-bond donors (Lipinski definition) is 3. The van der Waals surface area contributed by atoms with Crippen molar-refractivity contribution in [1.82, 2.24) is 9.62 Å². The Morgan fingerprint density at radius 2 is 1.56 bits per heavy atom. The maximum atomic E-state index is 14.1. The summed E-state index contributed by atoms with van der Waals surface area (Å²) >= 11 is 0. The van der Waals surface area contributed by atoms with E-state index in [0.717, 1.165) is 17.0 Å². The molecule has 0 saturated carbocycles. The van der Waals surface area contributed by atoms with Crippen LogP contribution in [0.3, 0.4) is 0 Å². The first-order valence-electron chi connectivity index (χ1n) is 13.8. The number of nitrogens with one attached hydrogen (secondary N) is 2. The molecule has 0 aliphatic heterocycles. The first kappa shape index (κ1) is 31.2. The van der Waals surface area contributed by atoms with Gasteiger partial charge in [-0.2, -0.15) is 0 Å². The summed E-state index contributed by atoms with van der Waals surface area (Å²) in [5.74, 6) is -4.06. The molecule has 11 heteroatoms. The van der Waals surface area contributed by atoms with Crippen LogP contribution in [-0.4, -0.2) is 44.1 Å². The molecule has 0 bridgehead atoms. The molecule has 1 atom stereocenters.